The summed E-state index contributed by atoms with van der Waals surface area (Å²) in [6.45, 7) is 0.749. The maximum Gasteiger partial charge on any atom is 0.181 e. The van der Waals surface area contributed by atoms with Gasteiger partial charge in [0.05, 0.1) is 5.52 Å². The standard InChI is InChI=1S/C39H34N6O/c1-5-15-30(16-6-1)39(31-17-7-2-8-18-31,32-19-9-3-10-20-32)44-28-40-37(42-44)29-24-25-35-34(27-29)38(41-33-21-11-4-12-22-33)43-45(35)36-23-13-14-26-46-36/h1-12,15-22,24-25,27-28,36H,13-14,23,26H2,(H,41,43). The molecular weight excluding hydrogens is 568 g/mol. The molecule has 226 valence electrons. The topological polar surface area (TPSA) is 69.8 Å². The van der Waals surface area contributed by atoms with E-state index in [1.165, 1.54) is 0 Å². The lowest BCUT2D eigenvalue weighted by atomic mass is 9.77. The zero-order valence-corrected chi connectivity index (χ0v) is 25.4. The van der Waals surface area contributed by atoms with Gasteiger partial charge in [-0.05, 0) is 66.3 Å². The van der Waals surface area contributed by atoms with Crippen LogP contribution < -0.4 is 5.32 Å². The number of aromatic nitrogens is 5. The molecule has 0 radical (unpaired) electrons. The Morgan fingerprint density at radius 3 is 1.87 bits per heavy atom. The Morgan fingerprint density at radius 2 is 1.28 bits per heavy atom. The molecule has 8 rings (SSSR count). The van der Waals surface area contributed by atoms with Crippen molar-refractivity contribution in [2.24, 2.45) is 0 Å². The first-order valence-electron chi connectivity index (χ1n) is 15.9. The lowest BCUT2D eigenvalue weighted by molar-refractivity contribution is -0.0365. The van der Waals surface area contributed by atoms with Crippen LogP contribution in [0.2, 0.25) is 0 Å². The van der Waals surface area contributed by atoms with Crippen molar-refractivity contribution in [3.63, 3.8) is 0 Å². The summed E-state index contributed by atoms with van der Waals surface area (Å²) in [4.78, 5) is 4.93. The van der Waals surface area contributed by atoms with Crippen molar-refractivity contribution in [2.45, 2.75) is 31.0 Å². The summed E-state index contributed by atoms with van der Waals surface area (Å²) in [7, 11) is 0. The van der Waals surface area contributed by atoms with Gasteiger partial charge >= 0.3 is 0 Å². The van der Waals surface area contributed by atoms with E-state index in [9.17, 15) is 0 Å². The summed E-state index contributed by atoms with van der Waals surface area (Å²) in [6, 6.07) is 48.1. The molecule has 5 aromatic carbocycles. The second-order valence-electron chi connectivity index (χ2n) is 11.7. The second-order valence-corrected chi connectivity index (χ2v) is 11.7. The van der Waals surface area contributed by atoms with Gasteiger partial charge in [-0.15, -0.1) is 5.10 Å². The quantitative estimate of drug-likeness (QED) is 0.177. The van der Waals surface area contributed by atoms with Crippen LogP contribution in [0, 0.1) is 0 Å². The first kappa shape index (κ1) is 28.0. The van der Waals surface area contributed by atoms with Crippen LogP contribution in [0.5, 0.6) is 0 Å². The molecule has 1 N–H and O–H groups in total. The normalized spacial score (nSPS) is 15.2. The molecule has 7 nitrogen and oxygen atoms in total. The lowest BCUT2D eigenvalue weighted by Crippen LogP contribution is -2.38. The lowest BCUT2D eigenvalue weighted by Gasteiger charge is -2.35. The molecule has 46 heavy (non-hydrogen) atoms. The number of nitrogens with one attached hydrogen (secondary N) is 1. The largest absolute Gasteiger partial charge is 0.356 e. The summed E-state index contributed by atoms with van der Waals surface area (Å²) in [6.07, 6.45) is 4.91. The van der Waals surface area contributed by atoms with Crippen LogP contribution in [0.25, 0.3) is 22.3 Å². The summed E-state index contributed by atoms with van der Waals surface area (Å²) < 4.78 is 10.2. The summed E-state index contributed by atoms with van der Waals surface area (Å²) in [5.41, 5.74) is 5.47. The Hall–Kier alpha value is -5.53. The molecule has 1 unspecified atom stereocenters. The van der Waals surface area contributed by atoms with Gasteiger partial charge in [-0.2, -0.15) is 5.10 Å². The van der Waals surface area contributed by atoms with Gasteiger partial charge in [0.25, 0.3) is 0 Å². The fraction of sp³-hybridized carbons (Fsp3) is 0.154. The monoisotopic (exact) mass is 602 g/mol. The van der Waals surface area contributed by atoms with Crippen LogP contribution in [0.15, 0.2) is 146 Å². The molecule has 3 heterocycles. The van der Waals surface area contributed by atoms with Crippen molar-refractivity contribution < 1.29 is 4.74 Å². The van der Waals surface area contributed by atoms with E-state index in [2.05, 4.69) is 96.3 Å². The average Bonchev–Trinajstić information content (AvgIpc) is 3.77. The van der Waals surface area contributed by atoms with Gasteiger partial charge in [0.15, 0.2) is 17.9 Å². The van der Waals surface area contributed by atoms with E-state index in [0.29, 0.717) is 5.82 Å². The molecule has 7 heteroatoms. The van der Waals surface area contributed by atoms with E-state index in [1.54, 1.807) is 0 Å². The van der Waals surface area contributed by atoms with Gasteiger partial charge in [-0.1, -0.05) is 109 Å². The first-order valence-corrected chi connectivity index (χ1v) is 15.9. The van der Waals surface area contributed by atoms with Gasteiger partial charge in [0.2, 0.25) is 0 Å². The molecule has 0 bridgehead atoms. The molecule has 0 spiro atoms. The van der Waals surface area contributed by atoms with Gasteiger partial charge < -0.3 is 10.1 Å². The highest BCUT2D eigenvalue weighted by atomic mass is 16.5. The number of nitrogens with zero attached hydrogens (tertiary/aromatic N) is 5. The minimum absolute atomic E-state index is 0.0889. The van der Waals surface area contributed by atoms with Crippen LogP contribution in [0.3, 0.4) is 0 Å². The molecule has 2 aromatic heterocycles. The highest BCUT2D eigenvalue weighted by Crippen LogP contribution is 2.41. The van der Waals surface area contributed by atoms with E-state index >= 15 is 0 Å². The van der Waals surface area contributed by atoms with Gasteiger partial charge in [0.1, 0.15) is 11.9 Å². The number of anilines is 2. The third-order valence-corrected chi connectivity index (χ3v) is 8.84. The summed E-state index contributed by atoms with van der Waals surface area (Å²) >= 11 is 0. The predicted molar refractivity (Wildman–Crippen MR) is 182 cm³/mol. The van der Waals surface area contributed by atoms with Crippen LogP contribution in [0.4, 0.5) is 11.5 Å². The van der Waals surface area contributed by atoms with Gasteiger partial charge in [-0.3, -0.25) is 0 Å². The Balaban J connectivity index is 1.28. The number of rotatable bonds is 8. The zero-order valence-electron chi connectivity index (χ0n) is 25.4. The SMILES string of the molecule is c1ccc(Nc2nn(C3CCCCO3)c3ccc(-c4ncn(C(c5ccccc5)(c5ccccc5)c5ccccc5)n4)cc23)cc1. The van der Waals surface area contributed by atoms with Crippen LogP contribution >= 0.6 is 0 Å². The van der Waals surface area contributed by atoms with Crippen molar-refractivity contribution in [1.29, 1.82) is 0 Å². The van der Waals surface area contributed by atoms with Crippen LogP contribution in [-0.2, 0) is 10.3 Å². The zero-order chi connectivity index (χ0) is 30.8. The minimum atomic E-state index is -0.734. The van der Waals surface area contributed by atoms with Gasteiger partial charge in [-0.25, -0.2) is 14.3 Å². The Kier molecular flexibility index (Phi) is 7.36. The third kappa shape index (κ3) is 4.95. The van der Waals surface area contributed by atoms with Crippen LogP contribution in [-0.4, -0.2) is 31.2 Å². The van der Waals surface area contributed by atoms with Gasteiger partial charge in [0, 0.05) is 23.2 Å². The Labute approximate surface area is 268 Å². The molecule has 0 saturated carbocycles. The smallest absolute Gasteiger partial charge is 0.181 e. The van der Waals surface area contributed by atoms with Crippen molar-refractivity contribution in [1.82, 2.24) is 24.5 Å². The molecular formula is C39H34N6O. The second kappa shape index (κ2) is 12.1. The number of para-hydroxylation sites is 1. The fourth-order valence-electron chi connectivity index (χ4n) is 6.66. The fourth-order valence-corrected chi connectivity index (χ4v) is 6.66. The number of ether oxygens (including phenoxy) is 1. The highest BCUT2D eigenvalue weighted by molar-refractivity contribution is 5.94. The van der Waals surface area contributed by atoms with E-state index in [1.807, 2.05) is 64.2 Å². The van der Waals surface area contributed by atoms with Crippen molar-refractivity contribution in [3.8, 4) is 11.4 Å². The molecule has 1 aliphatic rings. The van der Waals surface area contributed by atoms with E-state index in [4.69, 9.17) is 19.9 Å². The summed E-state index contributed by atoms with van der Waals surface area (Å²) in [5, 5.41) is 14.8. The average molecular weight is 603 g/mol. The van der Waals surface area contributed by atoms with E-state index < -0.39 is 5.54 Å². The number of fused-ring (bicyclic) bond motifs is 1. The first-order chi connectivity index (χ1) is 22.8. The van der Waals surface area contributed by atoms with E-state index in [-0.39, 0.29) is 6.23 Å². The van der Waals surface area contributed by atoms with Crippen LogP contribution in [0.1, 0.15) is 42.2 Å². The Bertz CT molecular complexity index is 1950. The molecule has 1 fully saturated rings. The molecule has 0 aliphatic carbocycles. The number of hydrogen-bond donors (Lipinski definition) is 1. The van der Waals surface area contributed by atoms with Crippen molar-refractivity contribution in [3.05, 3.63) is 163 Å². The molecule has 1 aliphatic heterocycles. The number of benzene rings is 5. The molecule has 0 amide bonds. The third-order valence-electron chi connectivity index (χ3n) is 8.84. The predicted octanol–water partition coefficient (Wildman–Crippen LogP) is 8.58. The maximum atomic E-state index is 6.16. The maximum absolute atomic E-state index is 6.16. The molecule has 1 saturated heterocycles. The minimum Gasteiger partial charge on any atom is -0.356 e. The van der Waals surface area contributed by atoms with Crippen molar-refractivity contribution in [2.75, 3.05) is 11.9 Å². The molecule has 7 aromatic rings. The Morgan fingerprint density at radius 1 is 0.674 bits per heavy atom. The van der Waals surface area contributed by atoms with E-state index in [0.717, 1.165) is 70.5 Å². The molecule has 1 atom stereocenters. The van der Waals surface area contributed by atoms with Crippen molar-refractivity contribution >= 4 is 22.4 Å². The highest BCUT2D eigenvalue weighted by Gasteiger charge is 2.39. The summed E-state index contributed by atoms with van der Waals surface area (Å²) in [5.74, 6) is 1.42. The number of hydrogen-bond acceptors (Lipinski definition) is 5.